The lowest BCUT2D eigenvalue weighted by Crippen LogP contribution is -2.34. The Hall–Kier alpha value is -1.40. The van der Waals surface area contributed by atoms with E-state index in [1.54, 1.807) is 18.2 Å². The first kappa shape index (κ1) is 15.0. The summed E-state index contributed by atoms with van der Waals surface area (Å²) in [6.07, 6.45) is 1.99. The van der Waals surface area contributed by atoms with Crippen LogP contribution in [0.25, 0.3) is 0 Å². The first-order valence-electron chi connectivity index (χ1n) is 5.58. The number of benzene rings is 1. The van der Waals surface area contributed by atoms with Gasteiger partial charge in [-0.3, -0.25) is 4.98 Å². The fourth-order valence-electron chi connectivity index (χ4n) is 1.49. The summed E-state index contributed by atoms with van der Waals surface area (Å²) in [6, 6.07) is 5.79. The Balaban J connectivity index is 2.09. The molecule has 0 aliphatic heterocycles. The van der Waals surface area contributed by atoms with Gasteiger partial charge in [-0.15, -0.1) is 0 Å². The summed E-state index contributed by atoms with van der Waals surface area (Å²) < 4.78 is 43.0. The van der Waals surface area contributed by atoms with Crippen LogP contribution in [0.1, 0.15) is 5.56 Å². The molecule has 8 heteroatoms. The number of hydrogen-bond acceptors (Lipinski definition) is 2. The Labute approximate surface area is 123 Å². The maximum absolute atomic E-state index is 12.6. The van der Waals surface area contributed by atoms with Crippen molar-refractivity contribution in [3.8, 4) is 5.75 Å². The Morgan fingerprint density at radius 2 is 1.80 bits per heavy atom. The molecule has 0 fully saturated rings. The first-order chi connectivity index (χ1) is 9.36. The number of halogens is 5. The lowest BCUT2D eigenvalue weighted by molar-refractivity contribution is 0.305. The minimum absolute atomic E-state index is 0.0489. The molecule has 0 saturated heterocycles. The van der Waals surface area contributed by atoms with E-state index in [1.165, 1.54) is 6.20 Å². The van der Waals surface area contributed by atoms with E-state index in [0.29, 0.717) is 15.6 Å². The van der Waals surface area contributed by atoms with Crippen LogP contribution >= 0.6 is 23.2 Å². The van der Waals surface area contributed by atoms with Gasteiger partial charge < -0.3 is 17.7 Å². The fourth-order valence-corrected chi connectivity index (χ4v) is 1.81. The largest absolute Gasteiger partial charge is 0.511 e. The summed E-state index contributed by atoms with van der Waals surface area (Å²) in [6.45, 7) is -5.01. The second kappa shape index (κ2) is 5.93. The molecule has 0 spiro atoms. The number of aromatic nitrogens is 1. The van der Waals surface area contributed by atoms with Crippen LogP contribution < -0.4 is 10.2 Å². The summed E-state index contributed by atoms with van der Waals surface area (Å²) in [5.41, 5.74) is -0.0982. The van der Waals surface area contributed by atoms with Crippen molar-refractivity contribution >= 4 is 35.6 Å². The summed E-state index contributed by atoms with van der Waals surface area (Å²) in [7, 11) is 0. The van der Waals surface area contributed by atoms with Gasteiger partial charge in [0.2, 0.25) is 0 Å². The molecule has 0 atom stereocenters. The van der Waals surface area contributed by atoms with Gasteiger partial charge >= 0.3 is 6.98 Å². The molecule has 0 aliphatic carbocycles. The van der Waals surface area contributed by atoms with Crippen LogP contribution in [-0.4, -0.2) is 12.0 Å². The zero-order valence-electron chi connectivity index (χ0n) is 9.99. The van der Waals surface area contributed by atoms with Gasteiger partial charge in [0.05, 0.1) is 16.2 Å². The van der Waals surface area contributed by atoms with Crippen molar-refractivity contribution in [2.24, 2.45) is 0 Å². The average molecular weight is 321 g/mol. The van der Waals surface area contributed by atoms with Crippen molar-refractivity contribution in [3.63, 3.8) is 0 Å². The molecule has 1 heterocycles. The van der Waals surface area contributed by atoms with Gasteiger partial charge in [-0.1, -0.05) is 34.7 Å². The number of pyridine rings is 1. The zero-order chi connectivity index (χ0) is 14.8. The smallest absolute Gasteiger partial charge is 0.487 e. The molecule has 20 heavy (non-hydrogen) atoms. The van der Waals surface area contributed by atoms with Gasteiger partial charge in [0.25, 0.3) is 0 Å². The molecule has 1 aromatic carbocycles. The van der Waals surface area contributed by atoms with Crippen molar-refractivity contribution < 1.29 is 17.7 Å². The van der Waals surface area contributed by atoms with Gasteiger partial charge in [-0.2, -0.15) is 0 Å². The third-order valence-corrected chi connectivity index (χ3v) is 3.24. The van der Waals surface area contributed by atoms with E-state index in [1.807, 2.05) is 0 Å². The maximum Gasteiger partial charge on any atom is 0.511 e. The van der Waals surface area contributed by atoms with Gasteiger partial charge in [0.15, 0.2) is 0 Å². The fraction of sp³-hybridized carbons (Fsp3) is 0.0833. The molecule has 0 unspecified atom stereocenters. The van der Waals surface area contributed by atoms with Crippen molar-refractivity contribution in [1.82, 2.24) is 4.98 Å². The lowest BCUT2D eigenvalue weighted by Gasteiger charge is -2.15. The van der Waals surface area contributed by atoms with Crippen molar-refractivity contribution in [2.75, 3.05) is 0 Å². The van der Waals surface area contributed by atoms with E-state index in [0.717, 1.165) is 12.3 Å². The van der Waals surface area contributed by atoms with E-state index in [-0.39, 0.29) is 12.4 Å². The predicted molar refractivity (Wildman–Crippen MR) is 73.7 cm³/mol. The molecule has 0 amide bonds. The maximum atomic E-state index is 12.6. The Kier molecular flexibility index (Phi) is 4.45. The summed E-state index contributed by atoms with van der Waals surface area (Å²) in [4.78, 5) is 3.52. The highest BCUT2D eigenvalue weighted by molar-refractivity contribution is 6.73. The standard InChI is InChI=1S/C12H8BCl2F3NO/c14-11-2-1-8(3-12(11)15)7-20-10-4-9(5-19-6-10)13(16,17)18/h1-6H,7H2/q-1. The second-order valence-corrected chi connectivity index (χ2v) is 4.88. The molecular formula is C12H8BCl2F3NO-. The summed E-state index contributed by atoms with van der Waals surface area (Å²) in [5.74, 6) is 0.0489. The third-order valence-electron chi connectivity index (χ3n) is 2.50. The van der Waals surface area contributed by atoms with E-state index >= 15 is 0 Å². The topological polar surface area (TPSA) is 22.1 Å². The quantitative estimate of drug-likeness (QED) is 0.794. The molecule has 0 saturated carbocycles. The zero-order valence-corrected chi connectivity index (χ0v) is 11.5. The molecule has 0 bridgehead atoms. The highest BCUT2D eigenvalue weighted by atomic mass is 35.5. The van der Waals surface area contributed by atoms with Gasteiger partial charge in [-0.05, 0) is 23.8 Å². The molecule has 0 radical (unpaired) electrons. The normalized spacial score (nSPS) is 11.4. The van der Waals surface area contributed by atoms with Crippen LogP contribution in [0.15, 0.2) is 36.7 Å². The van der Waals surface area contributed by atoms with Gasteiger partial charge in [0, 0.05) is 6.20 Å². The Bertz CT molecular complexity index is 622. The minimum atomic E-state index is -5.09. The number of ether oxygens (including phenoxy) is 1. The predicted octanol–water partition coefficient (Wildman–Crippen LogP) is 4.02. The van der Waals surface area contributed by atoms with Crippen LogP contribution in [0.2, 0.25) is 10.0 Å². The molecule has 2 nitrogen and oxygen atoms in total. The Morgan fingerprint density at radius 1 is 1.05 bits per heavy atom. The van der Waals surface area contributed by atoms with Crippen LogP contribution in [0.3, 0.4) is 0 Å². The van der Waals surface area contributed by atoms with Crippen LogP contribution in [0, 0.1) is 0 Å². The van der Waals surface area contributed by atoms with Gasteiger partial charge in [0.1, 0.15) is 12.4 Å². The lowest BCUT2D eigenvalue weighted by atomic mass is 9.81. The number of hydrogen-bond donors (Lipinski definition) is 0. The summed E-state index contributed by atoms with van der Waals surface area (Å²) >= 11 is 11.6. The molecular weight excluding hydrogens is 313 g/mol. The number of rotatable bonds is 4. The first-order valence-corrected chi connectivity index (χ1v) is 6.33. The monoisotopic (exact) mass is 320 g/mol. The van der Waals surface area contributed by atoms with E-state index in [4.69, 9.17) is 27.9 Å². The summed E-state index contributed by atoms with van der Waals surface area (Å²) in [5, 5.41) is 0.761. The van der Waals surface area contributed by atoms with Gasteiger partial charge in [-0.25, -0.2) is 0 Å². The molecule has 1 aromatic heterocycles. The van der Waals surface area contributed by atoms with E-state index < -0.39 is 12.4 Å². The van der Waals surface area contributed by atoms with Crippen LogP contribution in [0.4, 0.5) is 12.9 Å². The molecule has 2 rings (SSSR count). The number of nitrogens with zero attached hydrogens (tertiary/aromatic N) is 1. The van der Waals surface area contributed by atoms with Crippen LogP contribution in [0.5, 0.6) is 5.75 Å². The molecule has 0 N–H and O–H groups in total. The van der Waals surface area contributed by atoms with E-state index in [2.05, 4.69) is 4.98 Å². The average Bonchev–Trinajstić information content (AvgIpc) is 2.39. The van der Waals surface area contributed by atoms with Crippen molar-refractivity contribution in [2.45, 2.75) is 6.61 Å². The molecule has 0 aliphatic rings. The molecule has 106 valence electrons. The van der Waals surface area contributed by atoms with Crippen LogP contribution in [-0.2, 0) is 6.61 Å². The minimum Gasteiger partial charge on any atom is -0.487 e. The molecule has 2 aromatic rings. The third kappa shape index (κ3) is 3.80. The second-order valence-electron chi connectivity index (χ2n) is 4.07. The van der Waals surface area contributed by atoms with E-state index in [9.17, 15) is 12.9 Å². The van der Waals surface area contributed by atoms with Crippen molar-refractivity contribution in [3.05, 3.63) is 52.3 Å². The van der Waals surface area contributed by atoms with Crippen molar-refractivity contribution in [1.29, 1.82) is 0 Å². The Morgan fingerprint density at radius 3 is 2.45 bits per heavy atom. The highest BCUT2D eigenvalue weighted by Crippen LogP contribution is 2.23. The highest BCUT2D eigenvalue weighted by Gasteiger charge is 2.26. The SMILES string of the molecule is F[B-](F)(F)c1cncc(OCc2ccc(Cl)c(Cl)c2)c1.